The van der Waals surface area contributed by atoms with E-state index in [4.69, 9.17) is 4.74 Å². The van der Waals surface area contributed by atoms with E-state index in [1.807, 2.05) is 74.6 Å². The first-order valence-corrected chi connectivity index (χ1v) is 12.2. The summed E-state index contributed by atoms with van der Waals surface area (Å²) in [6.07, 6.45) is 3.57. The summed E-state index contributed by atoms with van der Waals surface area (Å²) in [6.45, 7) is 3.75. The van der Waals surface area contributed by atoms with Crippen molar-refractivity contribution in [3.63, 3.8) is 0 Å². The third-order valence-corrected chi connectivity index (χ3v) is 7.27. The van der Waals surface area contributed by atoms with Gasteiger partial charge in [0.05, 0.1) is 35.2 Å². The number of methoxy groups -OCH3 is 1. The molecule has 2 aromatic carbocycles. The van der Waals surface area contributed by atoms with E-state index in [0.29, 0.717) is 32.0 Å². The van der Waals surface area contributed by atoms with Gasteiger partial charge < -0.3 is 10.1 Å². The highest BCUT2D eigenvalue weighted by atomic mass is 32.1. The molecule has 1 atom stereocenters. The molecule has 0 aliphatic carbocycles. The molecule has 1 aliphatic rings. The molecule has 3 heterocycles. The van der Waals surface area contributed by atoms with Crippen molar-refractivity contribution < 1.29 is 9.53 Å². The van der Waals surface area contributed by atoms with Gasteiger partial charge in [-0.05, 0) is 49.8 Å². The molecule has 2 aromatic heterocycles. The Balaban J connectivity index is 1.68. The van der Waals surface area contributed by atoms with Gasteiger partial charge in [-0.1, -0.05) is 41.7 Å². The predicted molar refractivity (Wildman–Crippen MR) is 140 cm³/mol. The van der Waals surface area contributed by atoms with Crippen LogP contribution in [0.1, 0.15) is 29.8 Å². The molecule has 0 radical (unpaired) electrons. The van der Waals surface area contributed by atoms with Crippen molar-refractivity contribution in [1.82, 2.24) is 14.3 Å². The number of thiazole rings is 1. The number of allylic oxidation sites excluding steroid dienone is 1. The first-order valence-electron chi connectivity index (χ1n) is 11.4. The fourth-order valence-corrected chi connectivity index (χ4v) is 5.27. The van der Waals surface area contributed by atoms with Gasteiger partial charge in [0.1, 0.15) is 5.75 Å². The van der Waals surface area contributed by atoms with Crippen molar-refractivity contribution in [2.45, 2.75) is 19.9 Å². The highest BCUT2D eigenvalue weighted by Gasteiger charge is 2.32. The van der Waals surface area contributed by atoms with Crippen LogP contribution in [0.5, 0.6) is 5.75 Å². The summed E-state index contributed by atoms with van der Waals surface area (Å²) in [5.41, 5.74) is 4.04. The van der Waals surface area contributed by atoms with Crippen LogP contribution in [-0.4, -0.2) is 27.4 Å². The molecule has 1 N–H and O–H groups in total. The minimum atomic E-state index is -0.645. The van der Waals surface area contributed by atoms with Gasteiger partial charge in [-0.25, -0.2) is 4.99 Å². The smallest absolute Gasteiger partial charge is 0.271 e. The van der Waals surface area contributed by atoms with E-state index in [-0.39, 0.29) is 11.5 Å². The third-order valence-electron chi connectivity index (χ3n) is 6.29. The minimum Gasteiger partial charge on any atom is -0.497 e. The maximum Gasteiger partial charge on any atom is 0.271 e. The van der Waals surface area contributed by atoms with Crippen molar-refractivity contribution >= 4 is 29.0 Å². The quantitative estimate of drug-likeness (QED) is 0.457. The Morgan fingerprint density at radius 3 is 2.47 bits per heavy atom. The highest BCUT2D eigenvalue weighted by molar-refractivity contribution is 7.07. The number of nitrogens with one attached hydrogen (secondary N) is 1. The summed E-state index contributed by atoms with van der Waals surface area (Å²) >= 11 is 1.30. The molecule has 0 saturated heterocycles. The molecule has 0 fully saturated rings. The summed E-state index contributed by atoms with van der Waals surface area (Å²) in [6, 6.07) is 16.0. The van der Waals surface area contributed by atoms with E-state index in [1.54, 1.807) is 29.5 Å². The first kappa shape index (κ1) is 23.5. The van der Waals surface area contributed by atoms with Gasteiger partial charge >= 0.3 is 0 Å². The van der Waals surface area contributed by atoms with Crippen LogP contribution in [0.3, 0.4) is 0 Å². The number of benzene rings is 2. The van der Waals surface area contributed by atoms with E-state index < -0.39 is 6.04 Å². The number of nitrogens with zero attached hydrogens (tertiary/aromatic N) is 4. The summed E-state index contributed by atoms with van der Waals surface area (Å²) in [5.74, 6) is 0.384. The molecule has 0 spiro atoms. The molecule has 8 nitrogen and oxygen atoms in total. The van der Waals surface area contributed by atoms with Crippen LogP contribution in [0.15, 0.2) is 81.9 Å². The molecule has 5 rings (SSSR count). The molecule has 0 bridgehead atoms. The lowest BCUT2D eigenvalue weighted by atomic mass is 9.95. The van der Waals surface area contributed by atoms with Crippen molar-refractivity contribution in [2.75, 3.05) is 12.4 Å². The predicted octanol–water partition coefficient (Wildman–Crippen LogP) is 2.92. The maximum atomic E-state index is 13.8. The lowest BCUT2D eigenvalue weighted by Crippen LogP contribution is -2.40. The van der Waals surface area contributed by atoms with Gasteiger partial charge in [-0.2, -0.15) is 5.10 Å². The zero-order valence-corrected chi connectivity index (χ0v) is 21.2. The van der Waals surface area contributed by atoms with Crippen molar-refractivity contribution in [1.29, 1.82) is 0 Å². The lowest BCUT2D eigenvalue weighted by molar-refractivity contribution is -0.113. The number of hydrogen-bond donors (Lipinski definition) is 1. The number of anilines is 1. The minimum absolute atomic E-state index is 0.208. The largest absolute Gasteiger partial charge is 0.497 e. The molecule has 182 valence electrons. The average molecular weight is 500 g/mol. The van der Waals surface area contributed by atoms with Crippen molar-refractivity contribution in [3.8, 4) is 5.75 Å². The van der Waals surface area contributed by atoms with E-state index in [1.165, 1.54) is 11.3 Å². The SMILES string of the molecule is COc1ccc(C2C(C(=O)Nc3ccccc3)=C(C)N=c3s/c(=C/c4cnn(C)c4C)c(=O)n32)cc1. The van der Waals surface area contributed by atoms with Crippen molar-refractivity contribution in [3.05, 3.63) is 109 Å². The normalized spacial score (nSPS) is 15.4. The van der Waals surface area contributed by atoms with Gasteiger partial charge in [-0.15, -0.1) is 0 Å². The van der Waals surface area contributed by atoms with Crippen molar-refractivity contribution in [2.24, 2.45) is 12.0 Å². The number of para-hydroxylation sites is 1. The molecule has 4 aromatic rings. The summed E-state index contributed by atoms with van der Waals surface area (Å²) in [4.78, 5) is 32.5. The zero-order chi connectivity index (χ0) is 25.4. The van der Waals surface area contributed by atoms with Crippen LogP contribution in [0.2, 0.25) is 0 Å². The molecule has 1 unspecified atom stereocenters. The van der Waals surface area contributed by atoms with Crippen LogP contribution in [-0.2, 0) is 11.8 Å². The second kappa shape index (κ2) is 9.43. The van der Waals surface area contributed by atoms with Crippen LogP contribution in [0, 0.1) is 6.92 Å². The fourth-order valence-electron chi connectivity index (χ4n) is 4.23. The van der Waals surface area contributed by atoms with Crippen LogP contribution >= 0.6 is 11.3 Å². The Morgan fingerprint density at radius 2 is 1.83 bits per heavy atom. The Bertz CT molecular complexity index is 1660. The number of aromatic nitrogens is 3. The standard InChI is InChI=1S/C27H25N5O3S/c1-16-23(25(33)30-20-8-6-5-7-9-20)24(18-10-12-21(35-4)13-11-18)32-26(34)22(36-27(32)29-16)14-19-15-28-31(3)17(19)2/h5-15,24H,1-4H3,(H,30,33)/b22-14+. The second-order valence-electron chi connectivity index (χ2n) is 8.48. The summed E-state index contributed by atoms with van der Waals surface area (Å²) in [7, 11) is 3.46. The Hall–Kier alpha value is -4.24. The number of aryl methyl sites for hydroxylation is 1. The van der Waals surface area contributed by atoms with E-state index in [0.717, 1.165) is 16.8 Å². The Morgan fingerprint density at radius 1 is 1.11 bits per heavy atom. The molecular weight excluding hydrogens is 474 g/mol. The lowest BCUT2D eigenvalue weighted by Gasteiger charge is -2.25. The average Bonchev–Trinajstić information content (AvgIpc) is 3.36. The fraction of sp³-hybridized carbons (Fsp3) is 0.185. The van der Waals surface area contributed by atoms with Gasteiger partial charge in [0, 0.05) is 24.0 Å². The number of carbonyl (C=O) groups is 1. The van der Waals surface area contributed by atoms with Crippen LogP contribution < -0.4 is 24.9 Å². The Labute approximate surface area is 211 Å². The molecule has 36 heavy (non-hydrogen) atoms. The number of hydrogen-bond acceptors (Lipinski definition) is 6. The number of rotatable bonds is 5. The van der Waals surface area contributed by atoms with E-state index in [9.17, 15) is 9.59 Å². The highest BCUT2D eigenvalue weighted by Crippen LogP contribution is 2.31. The molecule has 0 saturated carbocycles. The van der Waals surface area contributed by atoms with Gasteiger partial charge in [0.25, 0.3) is 11.5 Å². The van der Waals surface area contributed by atoms with E-state index in [2.05, 4.69) is 15.4 Å². The van der Waals surface area contributed by atoms with Gasteiger partial charge in [0.2, 0.25) is 0 Å². The number of carbonyl (C=O) groups excluding carboxylic acids is 1. The molecule has 9 heteroatoms. The zero-order valence-electron chi connectivity index (χ0n) is 20.4. The van der Waals surface area contributed by atoms with Crippen LogP contribution in [0.25, 0.3) is 6.08 Å². The van der Waals surface area contributed by atoms with Gasteiger partial charge in [-0.3, -0.25) is 18.8 Å². The molecule has 1 aliphatic heterocycles. The number of ether oxygens (including phenoxy) is 1. The van der Waals surface area contributed by atoms with Gasteiger partial charge in [0.15, 0.2) is 4.80 Å². The first-order chi connectivity index (χ1) is 17.4. The summed E-state index contributed by atoms with van der Waals surface area (Å²) in [5, 5.41) is 7.23. The summed E-state index contributed by atoms with van der Waals surface area (Å²) < 4.78 is 9.22. The maximum absolute atomic E-state index is 13.8. The topological polar surface area (TPSA) is 90.5 Å². The Kier molecular flexibility index (Phi) is 6.15. The monoisotopic (exact) mass is 499 g/mol. The third kappa shape index (κ3) is 4.18. The second-order valence-corrected chi connectivity index (χ2v) is 9.49. The van der Waals surface area contributed by atoms with Crippen LogP contribution in [0.4, 0.5) is 5.69 Å². The molecule has 1 amide bonds. The number of amides is 1. The number of fused-ring (bicyclic) bond motifs is 1. The molecular formula is C27H25N5O3S. The van der Waals surface area contributed by atoms with E-state index >= 15 is 0 Å².